The Morgan fingerprint density at radius 2 is 1.91 bits per heavy atom. The first kappa shape index (κ1) is 15.2. The summed E-state index contributed by atoms with van der Waals surface area (Å²) in [4.78, 5) is 14.3. The van der Waals surface area contributed by atoms with E-state index < -0.39 is 5.60 Å². The summed E-state index contributed by atoms with van der Waals surface area (Å²) in [6.45, 7) is 2.28. The third-order valence-corrected chi connectivity index (χ3v) is 4.81. The van der Waals surface area contributed by atoms with Gasteiger partial charge in [-0.05, 0) is 44.2 Å². The Balaban J connectivity index is 1.39. The largest absolute Gasteiger partial charge is 0.388 e. The lowest BCUT2D eigenvalue weighted by Crippen LogP contribution is -2.53. The fourth-order valence-corrected chi connectivity index (χ4v) is 3.16. The van der Waals surface area contributed by atoms with E-state index in [2.05, 4.69) is 39.8 Å². The van der Waals surface area contributed by atoms with Crippen LogP contribution >= 0.6 is 0 Å². The van der Waals surface area contributed by atoms with Gasteiger partial charge in [-0.25, -0.2) is 4.79 Å². The summed E-state index contributed by atoms with van der Waals surface area (Å²) < 4.78 is 0. The van der Waals surface area contributed by atoms with Crippen molar-refractivity contribution in [1.29, 1.82) is 0 Å². The first-order chi connectivity index (χ1) is 10.6. The molecule has 22 heavy (non-hydrogen) atoms. The van der Waals surface area contributed by atoms with Crippen molar-refractivity contribution < 1.29 is 9.90 Å². The van der Waals surface area contributed by atoms with Crippen molar-refractivity contribution in [3.8, 4) is 0 Å². The Morgan fingerprint density at radius 1 is 1.23 bits per heavy atom. The molecule has 0 bridgehead atoms. The second-order valence-corrected chi connectivity index (χ2v) is 6.50. The van der Waals surface area contributed by atoms with Crippen LogP contribution in [0, 0.1) is 0 Å². The highest BCUT2D eigenvalue weighted by Gasteiger charge is 2.34. The van der Waals surface area contributed by atoms with Gasteiger partial charge in [-0.3, -0.25) is 0 Å². The average Bonchev–Trinajstić information content (AvgIpc) is 2.53. The summed E-state index contributed by atoms with van der Waals surface area (Å²) in [6.07, 6.45) is 4.54. The van der Waals surface area contributed by atoms with E-state index in [1.54, 1.807) is 0 Å². The number of rotatable bonds is 4. The Bertz CT molecular complexity index is 494. The van der Waals surface area contributed by atoms with E-state index >= 15 is 0 Å². The predicted molar refractivity (Wildman–Crippen MR) is 87.0 cm³/mol. The molecule has 0 aromatic heterocycles. The van der Waals surface area contributed by atoms with Gasteiger partial charge in [0, 0.05) is 31.4 Å². The number of urea groups is 1. The van der Waals surface area contributed by atoms with Gasteiger partial charge in [0.2, 0.25) is 0 Å². The van der Waals surface area contributed by atoms with Gasteiger partial charge in [0.05, 0.1) is 5.60 Å². The standard InChI is InChI=1S/C17H25N3O2/c21-16(18-13-17(22)9-4-10-17)19-14-7-11-20(12-8-14)15-5-2-1-3-6-15/h1-3,5-6,14,22H,4,7-13H2,(H2,18,19,21). The van der Waals surface area contributed by atoms with Gasteiger partial charge in [-0.15, -0.1) is 0 Å². The maximum atomic E-state index is 11.9. The Hall–Kier alpha value is -1.75. The summed E-state index contributed by atoms with van der Waals surface area (Å²) in [7, 11) is 0. The molecule has 1 saturated carbocycles. The molecule has 1 saturated heterocycles. The summed E-state index contributed by atoms with van der Waals surface area (Å²) >= 11 is 0. The molecule has 0 radical (unpaired) electrons. The first-order valence-electron chi connectivity index (χ1n) is 8.21. The van der Waals surface area contributed by atoms with Crippen LogP contribution in [0.5, 0.6) is 0 Å². The highest BCUT2D eigenvalue weighted by atomic mass is 16.3. The summed E-state index contributed by atoms with van der Waals surface area (Å²) in [5, 5.41) is 15.8. The van der Waals surface area contributed by atoms with Crippen LogP contribution in [0.4, 0.5) is 10.5 Å². The summed E-state index contributed by atoms with van der Waals surface area (Å²) in [5.74, 6) is 0. The number of nitrogens with zero attached hydrogens (tertiary/aromatic N) is 1. The monoisotopic (exact) mass is 303 g/mol. The van der Waals surface area contributed by atoms with Crippen LogP contribution in [0.2, 0.25) is 0 Å². The maximum absolute atomic E-state index is 11.9. The molecule has 2 aliphatic rings. The van der Waals surface area contributed by atoms with E-state index in [4.69, 9.17) is 0 Å². The average molecular weight is 303 g/mol. The molecule has 1 aliphatic heterocycles. The zero-order valence-corrected chi connectivity index (χ0v) is 12.9. The van der Waals surface area contributed by atoms with Crippen LogP contribution < -0.4 is 15.5 Å². The fourth-order valence-electron chi connectivity index (χ4n) is 3.16. The molecule has 3 rings (SSSR count). The van der Waals surface area contributed by atoms with Gasteiger partial charge in [-0.1, -0.05) is 18.2 Å². The molecule has 2 fully saturated rings. The highest BCUT2D eigenvalue weighted by molar-refractivity contribution is 5.74. The van der Waals surface area contributed by atoms with Gasteiger partial charge in [-0.2, -0.15) is 0 Å². The van der Waals surface area contributed by atoms with Crippen molar-refractivity contribution in [2.24, 2.45) is 0 Å². The minimum Gasteiger partial charge on any atom is -0.388 e. The third kappa shape index (κ3) is 3.71. The van der Waals surface area contributed by atoms with Crippen LogP contribution in [0.25, 0.3) is 0 Å². The predicted octanol–water partition coefficient (Wildman–Crippen LogP) is 1.87. The zero-order valence-electron chi connectivity index (χ0n) is 12.9. The maximum Gasteiger partial charge on any atom is 0.315 e. The van der Waals surface area contributed by atoms with Crippen molar-refractivity contribution >= 4 is 11.7 Å². The molecule has 1 aromatic rings. The number of carbonyl (C=O) groups is 1. The number of hydrogen-bond donors (Lipinski definition) is 3. The molecule has 2 amide bonds. The lowest BCUT2D eigenvalue weighted by Gasteiger charge is -2.37. The third-order valence-electron chi connectivity index (χ3n) is 4.81. The van der Waals surface area contributed by atoms with Crippen LogP contribution in [-0.2, 0) is 0 Å². The molecular formula is C17H25N3O2. The van der Waals surface area contributed by atoms with E-state index in [-0.39, 0.29) is 12.1 Å². The smallest absolute Gasteiger partial charge is 0.315 e. The molecule has 1 heterocycles. The van der Waals surface area contributed by atoms with E-state index in [9.17, 15) is 9.90 Å². The molecule has 1 aromatic carbocycles. The molecule has 5 nitrogen and oxygen atoms in total. The second-order valence-electron chi connectivity index (χ2n) is 6.50. The number of anilines is 1. The number of hydrogen-bond acceptors (Lipinski definition) is 3. The Morgan fingerprint density at radius 3 is 2.50 bits per heavy atom. The number of aliphatic hydroxyl groups is 1. The number of nitrogens with one attached hydrogen (secondary N) is 2. The minimum atomic E-state index is -0.659. The summed E-state index contributed by atoms with van der Waals surface area (Å²) in [5.41, 5.74) is 0.589. The number of benzene rings is 1. The van der Waals surface area contributed by atoms with Crippen molar-refractivity contribution in [3.05, 3.63) is 30.3 Å². The van der Waals surface area contributed by atoms with Gasteiger partial charge in [0.1, 0.15) is 0 Å². The van der Waals surface area contributed by atoms with Crippen molar-refractivity contribution in [2.75, 3.05) is 24.5 Å². The zero-order chi connectivity index (χ0) is 15.4. The van der Waals surface area contributed by atoms with Crippen molar-refractivity contribution in [2.45, 2.75) is 43.7 Å². The Kier molecular flexibility index (Phi) is 4.52. The molecule has 1 aliphatic carbocycles. The quantitative estimate of drug-likeness (QED) is 0.795. The molecule has 3 N–H and O–H groups in total. The van der Waals surface area contributed by atoms with E-state index in [1.165, 1.54) is 5.69 Å². The van der Waals surface area contributed by atoms with E-state index in [0.717, 1.165) is 45.2 Å². The van der Waals surface area contributed by atoms with Crippen LogP contribution in [0.15, 0.2) is 30.3 Å². The van der Waals surface area contributed by atoms with Crippen LogP contribution in [0.3, 0.4) is 0 Å². The Labute approximate surface area is 131 Å². The number of amides is 2. The minimum absolute atomic E-state index is 0.154. The number of piperidine rings is 1. The molecule has 0 unspecified atom stereocenters. The van der Waals surface area contributed by atoms with E-state index in [0.29, 0.717) is 6.54 Å². The highest BCUT2D eigenvalue weighted by Crippen LogP contribution is 2.30. The van der Waals surface area contributed by atoms with Crippen LogP contribution in [-0.4, -0.2) is 42.4 Å². The molecular weight excluding hydrogens is 278 g/mol. The van der Waals surface area contributed by atoms with E-state index in [1.807, 2.05) is 6.07 Å². The molecule has 120 valence electrons. The summed E-state index contributed by atoms with van der Waals surface area (Å²) in [6, 6.07) is 10.4. The molecule has 0 atom stereocenters. The molecule has 5 heteroatoms. The number of para-hydroxylation sites is 1. The topological polar surface area (TPSA) is 64.6 Å². The molecule has 0 spiro atoms. The fraction of sp³-hybridized carbons (Fsp3) is 0.588. The van der Waals surface area contributed by atoms with Crippen LogP contribution in [0.1, 0.15) is 32.1 Å². The van der Waals surface area contributed by atoms with Gasteiger partial charge in [0.15, 0.2) is 0 Å². The normalized spacial score (nSPS) is 21.0. The van der Waals surface area contributed by atoms with Gasteiger partial charge >= 0.3 is 6.03 Å². The first-order valence-corrected chi connectivity index (χ1v) is 8.21. The van der Waals surface area contributed by atoms with Crippen molar-refractivity contribution in [1.82, 2.24) is 10.6 Å². The van der Waals surface area contributed by atoms with Gasteiger partial charge in [0.25, 0.3) is 0 Å². The lowest BCUT2D eigenvalue weighted by atomic mass is 9.80. The van der Waals surface area contributed by atoms with Crippen molar-refractivity contribution in [3.63, 3.8) is 0 Å². The van der Waals surface area contributed by atoms with Gasteiger partial charge < -0.3 is 20.6 Å². The second kappa shape index (κ2) is 6.57. The SMILES string of the molecule is O=C(NCC1(O)CCC1)NC1CCN(c2ccccc2)CC1. The lowest BCUT2D eigenvalue weighted by molar-refractivity contribution is -0.0290. The number of carbonyl (C=O) groups excluding carboxylic acids is 1.